The number of likely N-dealkylation sites (N-methyl/N-ethyl adjacent to an activating group) is 1. The molecule has 0 radical (unpaired) electrons. The Balaban J connectivity index is 2.23. The van der Waals surface area contributed by atoms with Crippen LogP contribution in [-0.2, 0) is 6.42 Å². The second kappa shape index (κ2) is 5.63. The van der Waals surface area contributed by atoms with Crippen molar-refractivity contribution < 1.29 is 0 Å². The van der Waals surface area contributed by atoms with Crippen LogP contribution in [0, 0.1) is 6.92 Å². The molecule has 0 bridgehead atoms. The number of halogens is 1. The molecule has 0 aliphatic rings. The summed E-state index contributed by atoms with van der Waals surface area (Å²) in [4.78, 5) is 5.40. The fraction of sp³-hybridized carbons (Fsp3) is 0.308. The van der Waals surface area contributed by atoms with Gasteiger partial charge in [0.1, 0.15) is 0 Å². The molecule has 0 saturated heterocycles. The van der Waals surface area contributed by atoms with Gasteiger partial charge < -0.3 is 5.32 Å². The topological polar surface area (TPSA) is 24.9 Å². The number of nitrogens with zero attached hydrogens (tertiary/aromatic N) is 1. The summed E-state index contributed by atoms with van der Waals surface area (Å²) < 4.78 is 0. The Kier molecular flexibility index (Phi) is 4.15. The smallest absolute Gasteiger partial charge is 0.0794 e. The first kappa shape index (κ1) is 12.6. The first-order valence-electron chi connectivity index (χ1n) is 5.51. The maximum atomic E-state index is 5.98. The Bertz CT molecular complexity index is 482. The molecule has 1 atom stereocenters. The van der Waals surface area contributed by atoms with Crippen molar-refractivity contribution in [2.45, 2.75) is 19.4 Å². The zero-order valence-electron chi connectivity index (χ0n) is 9.90. The number of nitrogens with one attached hydrogen (secondary N) is 1. The highest BCUT2D eigenvalue weighted by atomic mass is 35.5. The molecule has 1 heterocycles. The van der Waals surface area contributed by atoms with Gasteiger partial charge in [-0.2, -0.15) is 0 Å². The van der Waals surface area contributed by atoms with Crippen LogP contribution in [0.5, 0.6) is 0 Å². The van der Waals surface area contributed by atoms with Crippen LogP contribution < -0.4 is 5.32 Å². The van der Waals surface area contributed by atoms with Crippen LogP contribution in [0.2, 0.25) is 5.02 Å². The van der Waals surface area contributed by atoms with Gasteiger partial charge in [-0.05, 0) is 37.2 Å². The predicted molar refractivity (Wildman–Crippen MR) is 73.8 cm³/mol. The van der Waals surface area contributed by atoms with Crippen molar-refractivity contribution in [2.24, 2.45) is 0 Å². The van der Waals surface area contributed by atoms with Gasteiger partial charge in [0.25, 0.3) is 0 Å². The molecule has 1 aromatic heterocycles. The van der Waals surface area contributed by atoms with E-state index in [-0.39, 0.29) is 0 Å². The first-order chi connectivity index (χ1) is 8.20. The molecule has 0 fully saturated rings. The summed E-state index contributed by atoms with van der Waals surface area (Å²) in [6, 6.07) is 6.36. The van der Waals surface area contributed by atoms with Crippen molar-refractivity contribution in [3.63, 3.8) is 0 Å². The lowest BCUT2D eigenvalue weighted by Gasteiger charge is -2.18. The third kappa shape index (κ3) is 3.06. The molecule has 0 spiro atoms. The second-order valence-electron chi connectivity index (χ2n) is 4.01. The van der Waals surface area contributed by atoms with Gasteiger partial charge in [-0.1, -0.05) is 17.7 Å². The third-order valence-electron chi connectivity index (χ3n) is 2.84. The molecule has 0 aliphatic heterocycles. The van der Waals surface area contributed by atoms with E-state index >= 15 is 0 Å². The molecule has 2 aromatic rings. The van der Waals surface area contributed by atoms with Crippen LogP contribution in [0.25, 0.3) is 0 Å². The molecule has 0 saturated carbocycles. The highest BCUT2D eigenvalue weighted by Crippen LogP contribution is 2.25. The number of aromatic nitrogens is 1. The van der Waals surface area contributed by atoms with Crippen LogP contribution in [0.1, 0.15) is 22.0 Å². The number of hydrogen-bond donors (Lipinski definition) is 1. The maximum Gasteiger partial charge on any atom is 0.0794 e. The Morgan fingerprint density at radius 2 is 2.29 bits per heavy atom. The lowest BCUT2D eigenvalue weighted by atomic mass is 9.98. The molecular formula is C13H15ClN2S. The summed E-state index contributed by atoms with van der Waals surface area (Å²) >= 11 is 7.67. The van der Waals surface area contributed by atoms with Crippen LogP contribution in [0.4, 0.5) is 0 Å². The quantitative estimate of drug-likeness (QED) is 0.915. The molecule has 2 nitrogen and oxygen atoms in total. The molecule has 0 aliphatic carbocycles. The molecule has 1 unspecified atom stereocenters. The van der Waals surface area contributed by atoms with Crippen LogP contribution in [-0.4, -0.2) is 12.0 Å². The highest BCUT2D eigenvalue weighted by Gasteiger charge is 2.13. The monoisotopic (exact) mass is 266 g/mol. The summed E-state index contributed by atoms with van der Waals surface area (Å²) in [5, 5.41) is 4.14. The second-order valence-corrected chi connectivity index (χ2v) is 5.42. The van der Waals surface area contributed by atoms with Gasteiger partial charge in [-0.3, -0.25) is 4.98 Å². The van der Waals surface area contributed by atoms with E-state index < -0.39 is 0 Å². The molecule has 1 N–H and O–H groups in total. The standard InChI is InChI=1S/C13H15ClN2S/c1-9-5-10(14)3-4-12(9)13(15-2)6-11-7-16-8-17-11/h3-5,7-8,13,15H,6H2,1-2H3. The largest absolute Gasteiger partial charge is 0.313 e. The summed E-state index contributed by atoms with van der Waals surface area (Å²) in [5.41, 5.74) is 4.39. The fourth-order valence-electron chi connectivity index (χ4n) is 1.94. The Morgan fingerprint density at radius 1 is 1.47 bits per heavy atom. The van der Waals surface area contributed by atoms with Crippen molar-refractivity contribution in [1.29, 1.82) is 0 Å². The number of rotatable bonds is 4. The van der Waals surface area contributed by atoms with Gasteiger partial charge >= 0.3 is 0 Å². The SMILES string of the molecule is CNC(Cc1cncs1)c1ccc(Cl)cc1C. The van der Waals surface area contributed by atoms with Gasteiger partial charge in [-0.25, -0.2) is 0 Å². The minimum absolute atomic E-state index is 0.313. The maximum absolute atomic E-state index is 5.98. The minimum atomic E-state index is 0.313. The van der Waals surface area contributed by atoms with Crippen molar-refractivity contribution >= 4 is 22.9 Å². The van der Waals surface area contributed by atoms with E-state index in [4.69, 9.17) is 11.6 Å². The molecule has 17 heavy (non-hydrogen) atoms. The van der Waals surface area contributed by atoms with Crippen molar-refractivity contribution in [2.75, 3.05) is 7.05 Å². The third-order valence-corrected chi connectivity index (χ3v) is 3.88. The highest BCUT2D eigenvalue weighted by molar-refractivity contribution is 7.09. The van der Waals surface area contributed by atoms with Gasteiger partial charge in [0.15, 0.2) is 0 Å². The lowest BCUT2D eigenvalue weighted by Crippen LogP contribution is -2.19. The number of aryl methyl sites for hydroxylation is 1. The Morgan fingerprint density at radius 3 is 2.88 bits per heavy atom. The number of thiazole rings is 1. The van der Waals surface area contributed by atoms with Crippen LogP contribution >= 0.6 is 22.9 Å². The van der Waals surface area contributed by atoms with E-state index in [1.54, 1.807) is 11.3 Å². The van der Waals surface area contributed by atoms with E-state index in [0.717, 1.165) is 11.4 Å². The summed E-state index contributed by atoms with van der Waals surface area (Å²) in [6.07, 6.45) is 2.89. The van der Waals surface area contributed by atoms with Crippen LogP contribution in [0.15, 0.2) is 29.9 Å². The van der Waals surface area contributed by atoms with Gasteiger partial charge in [-0.15, -0.1) is 11.3 Å². The molecule has 0 amide bonds. The van der Waals surface area contributed by atoms with E-state index in [1.807, 2.05) is 30.9 Å². The first-order valence-corrected chi connectivity index (χ1v) is 6.77. The molecular weight excluding hydrogens is 252 g/mol. The fourth-order valence-corrected chi connectivity index (χ4v) is 2.81. The average Bonchev–Trinajstić information content (AvgIpc) is 2.79. The van der Waals surface area contributed by atoms with E-state index in [0.29, 0.717) is 6.04 Å². The average molecular weight is 267 g/mol. The molecule has 1 aromatic carbocycles. The summed E-state index contributed by atoms with van der Waals surface area (Å²) in [7, 11) is 1.99. The Labute approximate surface area is 111 Å². The van der Waals surface area contributed by atoms with Gasteiger partial charge in [0.05, 0.1) is 5.51 Å². The summed E-state index contributed by atoms with van der Waals surface area (Å²) in [6.45, 7) is 2.10. The van der Waals surface area contributed by atoms with E-state index in [9.17, 15) is 0 Å². The van der Waals surface area contributed by atoms with Crippen molar-refractivity contribution in [3.05, 3.63) is 50.9 Å². The zero-order valence-corrected chi connectivity index (χ0v) is 11.5. The predicted octanol–water partition coefficient (Wildman–Crippen LogP) is 3.61. The minimum Gasteiger partial charge on any atom is -0.313 e. The Hall–Kier alpha value is -0.900. The van der Waals surface area contributed by atoms with Crippen molar-refractivity contribution in [3.8, 4) is 0 Å². The van der Waals surface area contributed by atoms with E-state index in [1.165, 1.54) is 16.0 Å². The summed E-state index contributed by atoms with van der Waals surface area (Å²) in [5.74, 6) is 0. The molecule has 4 heteroatoms. The van der Waals surface area contributed by atoms with Crippen molar-refractivity contribution in [1.82, 2.24) is 10.3 Å². The number of hydrogen-bond acceptors (Lipinski definition) is 3. The van der Waals surface area contributed by atoms with Gasteiger partial charge in [0, 0.05) is 28.6 Å². The molecule has 2 rings (SSSR count). The molecule has 90 valence electrons. The normalized spacial score (nSPS) is 12.6. The van der Waals surface area contributed by atoms with E-state index in [2.05, 4.69) is 23.3 Å². The number of benzene rings is 1. The van der Waals surface area contributed by atoms with Gasteiger partial charge in [0.2, 0.25) is 0 Å². The zero-order chi connectivity index (χ0) is 12.3. The lowest BCUT2D eigenvalue weighted by molar-refractivity contribution is 0.593. The van der Waals surface area contributed by atoms with Crippen LogP contribution in [0.3, 0.4) is 0 Å².